The summed E-state index contributed by atoms with van der Waals surface area (Å²) in [4.78, 5) is 11.5. The lowest BCUT2D eigenvalue weighted by Gasteiger charge is -1.98. The van der Waals surface area contributed by atoms with Crippen molar-refractivity contribution < 1.29 is 9.90 Å². The van der Waals surface area contributed by atoms with Gasteiger partial charge in [0.1, 0.15) is 0 Å². The maximum absolute atomic E-state index is 10.2. The van der Waals surface area contributed by atoms with Crippen molar-refractivity contribution >= 4 is 5.97 Å². The quantitative estimate of drug-likeness (QED) is 0.688. The number of hydrogen-bond donors (Lipinski definition) is 0. The number of carboxylic acids is 1. The van der Waals surface area contributed by atoms with Crippen molar-refractivity contribution in [2.45, 2.75) is 13.0 Å². The Morgan fingerprint density at radius 2 is 2.06 bits per heavy atom. The summed E-state index contributed by atoms with van der Waals surface area (Å²) in [6, 6.07) is 9.36. The van der Waals surface area contributed by atoms with Crippen molar-refractivity contribution in [2.24, 2.45) is 0 Å². The van der Waals surface area contributed by atoms with Crippen molar-refractivity contribution in [1.82, 2.24) is 20.2 Å². The number of benzene rings is 1. The van der Waals surface area contributed by atoms with E-state index in [9.17, 15) is 9.90 Å². The van der Waals surface area contributed by atoms with Crippen molar-refractivity contribution in [1.29, 1.82) is 0 Å². The molecule has 1 aromatic carbocycles. The van der Waals surface area contributed by atoms with E-state index in [0.717, 1.165) is 5.56 Å². The summed E-state index contributed by atoms with van der Waals surface area (Å²) in [6.45, 7) is 0.169. The molecular formula is C10H9N4O2-. The summed E-state index contributed by atoms with van der Waals surface area (Å²) >= 11 is 0. The maximum Gasteiger partial charge on any atom is 0.204 e. The molecule has 16 heavy (non-hydrogen) atoms. The van der Waals surface area contributed by atoms with Crippen molar-refractivity contribution in [3.63, 3.8) is 0 Å². The Kier molecular flexibility index (Phi) is 2.90. The Hall–Kier alpha value is -2.24. The van der Waals surface area contributed by atoms with Crippen LogP contribution in [0.3, 0.4) is 0 Å². The zero-order chi connectivity index (χ0) is 11.4. The van der Waals surface area contributed by atoms with Crippen LogP contribution in [0.2, 0.25) is 0 Å². The molecule has 0 amide bonds. The predicted molar refractivity (Wildman–Crippen MR) is 52.9 cm³/mol. The van der Waals surface area contributed by atoms with E-state index in [0.29, 0.717) is 5.82 Å². The van der Waals surface area contributed by atoms with Gasteiger partial charge in [0.2, 0.25) is 5.82 Å². The standard InChI is InChI=1S/C10H10N4O2/c15-9(16)6-7-14-12-10(11-13-14)8-4-2-1-3-5-8/h1-5H,6-7H2,(H,15,16)/p-1. The highest BCUT2D eigenvalue weighted by atomic mass is 16.4. The number of nitrogens with zero attached hydrogens (tertiary/aromatic N) is 4. The molecule has 0 aliphatic carbocycles. The van der Waals surface area contributed by atoms with Gasteiger partial charge in [-0.3, -0.25) is 0 Å². The Bertz CT molecular complexity index is 481. The smallest absolute Gasteiger partial charge is 0.204 e. The molecule has 1 aromatic heterocycles. The fourth-order valence-electron chi connectivity index (χ4n) is 1.23. The highest BCUT2D eigenvalue weighted by Crippen LogP contribution is 2.11. The van der Waals surface area contributed by atoms with Gasteiger partial charge < -0.3 is 9.90 Å². The second kappa shape index (κ2) is 4.52. The molecule has 0 spiro atoms. The van der Waals surface area contributed by atoms with Crippen LogP contribution in [0.5, 0.6) is 0 Å². The molecule has 2 rings (SSSR count). The normalized spacial score (nSPS) is 10.2. The molecule has 6 nitrogen and oxygen atoms in total. The first kappa shape index (κ1) is 10.3. The van der Waals surface area contributed by atoms with Gasteiger partial charge in [0.15, 0.2) is 0 Å². The molecule has 6 heteroatoms. The van der Waals surface area contributed by atoms with Crippen LogP contribution in [0.15, 0.2) is 30.3 Å². The van der Waals surface area contributed by atoms with Gasteiger partial charge in [0, 0.05) is 18.0 Å². The lowest BCUT2D eigenvalue weighted by atomic mass is 10.2. The van der Waals surface area contributed by atoms with Gasteiger partial charge in [-0.2, -0.15) is 4.80 Å². The molecule has 82 valence electrons. The van der Waals surface area contributed by atoms with Gasteiger partial charge in [-0.05, 0) is 5.21 Å². The van der Waals surface area contributed by atoms with Crippen LogP contribution < -0.4 is 5.11 Å². The summed E-state index contributed by atoms with van der Waals surface area (Å²) in [5.74, 6) is -0.641. The number of aryl methyl sites for hydroxylation is 1. The zero-order valence-electron chi connectivity index (χ0n) is 8.41. The van der Waals surface area contributed by atoms with Crippen molar-refractivity contribution in [2.75, 3.05) is 0 Å². The minimum Gasteiger partial charge on any atom is -0.550 e. The summed E-state index contributed by atoms with van der Waals surface area (Å²) in [7, 11) is 0. The largest absolute Gasteiger partial charge is 0.550 e. The van der Waals surface area contributed by atoms with Crippen LogP contribution in [0, 0.1) is 0 Å². The highest BCUT2D eigenvalue weighted by Gasteiger charge is 2.04. The number of aliphatic carboxylic acids is 1. The van der Waals surface area contributed by atoms with E-state index >= 15 is 0 Å². The Balaban J connectivity index is 2.11. The van der Waals surface area contributed by atoms with Crippen molar-refractivity contribution in [3.05, 3.63) is 30.3 Å². The van der Waals surface area contributed by atoms with Gasteiger partial charge in [-0.15, -0.1) is 10.2 Å². The number of carbonyl (C=O) groups excluding carboxylic acids is 1. The monoisotopic (exact) mass is 217 g/mol. The lowest BCUT2D eigenvalue weighted by Crippen LogP contribution is -2.24. The first-order valence-corrected chi connectivity index (χ1v) is 4.79. The Labute approximate surface area is 91.5 Å². The minimum absolute atomic E-state index is 0.120. The summed E-state index contributed by atoms with van der Waals surface area (Å²) in [5.41, 5.74) is 0.849. The Morgan fingerprint density at radius 1 is 1.31 bits per heavy atom. The third-order valence-electron chi connectivity index (χ3n) is 2.00. The second-order valence-corrected chi connectivity index (χ2v) is 3.20. The molecule has 1 heterocycles. The highest BCUT2D eigenvalue weighted by molar-refractivity contribution is 5.64. The van der Waals surface area contributed by atoms with Crippen LogP contribution in [-0.2, 0) is 11.3 Å². The average molecular weight is 217 g/mol. The summed E-state index contributed by atoms with van der Waals surface area (Å²) in [6.07, 6.45) is -0.120. The molecule has 0 aliphatic heterocycles. The molecule has 0 N–H and O–H groups in total. The van der Waals surface area contributed by atoms with Crippen LogP contribution in [-0.4, -0.2) is 26.2 Å². The molecule has 0 aliphatic rings. The van der Waals surface area contributed by atoms with E-state index in [1.165, 1.54) is 4.80 Å². The number of hydrogen-bond acceptors (Lipinski definition) is 5. The number of carboxylic acid groups (broad SMARTS) is 1. The van der Waals surface area contributed by atoms with Crippen LogP contribution in [0.1, 0.15) is 6.42 Å². The first-order chi connectivity index (χ1) is 7.75. The third-order valence-corrected chi connectivity index (χ3v) is 2.00. The number of aromatic nitrogens is 4. The SMILES string of the molecule is O=C([O-])CCn1nnc(-c2ccccc2)n1. The molecule has 0 radical (unpaired) electrons. The van der Waals surface area contributed by atoms with Crippen LogP contribution in [0.25, 0.3) is 11.4 Å². The molecule has 0 bridgehead atoms. The van der Waals surface area contributed by atoms with E-state index in [-0.39, 0.29) is 13.0 Å². The van der Waals surface area contributed by atoms with Crippen LogP contribution >= 0.6 is 0 Å². The van der Waals surface area contributed by atoms with Gasteiger partial charge in [-0.1, -0.05) is 30.3 Å². The zero-order valence-corrected chi connectivity index (χ0v) is 8.41. The fraction of sp³-hybridized carbons (Fsp3) is 0.200. The molecule has 2 aromatic rings. The number of rotatable bonds is 4. The van der Waals surface area contributed by atoms with Crippen LogP contribution in [0.4, 0.5) is 0 Å². The molecular weight excluding hydrogens is 208 g/mol. The van der Waals surface area contributed by atoms with E-state index in [4.69, 9.17) is 0 Å². The second-order valence-electron chi connectivity index (χ2n) is 3.20. The molecule has 0 atom stereocenters. The van der Waals surface area contributed by atoms with Crippen molar-refractivity contribution in [3.8, 4) is 11.4 Å². The maximum atomic E-state index is 10.2. The number of tetrazole rings is 1. The molecule has 0 saturated heterocycles. The van der Waals surface area contributed by atoms with E-state index in [2.05, 4.69) is 15.4 Å². The Morgan fingerprint density at radius 3 is 2.75 bits per heavy atom. The molecule has 0 saturated carbocycles. The topological polar surface area (TPSA) is 83.7 Å². The lowest BCUT2D eigenvalue weighted by molar-refractivity contribution is -0.306. The summed E-state index contributed by atoms with van der Waals surface area (Å²) < 4.78 is 0. The van der Waals surface area contributed by atoms with Gasteiger partial charge in [-0.25, -0.2) is 0 Å². The first-order valence-electron chi connectivity index (χ1n) is 4.79. The molecule has 0 fully saturated rings. The van der Waals surface area contributed by atoms with E-state index in [1.54, 1.807) is 0 Å². The molecule has 0 unspecified atom stereocenters. The summed E-state index contributed by atoms with van der Waals surface area (Å²) in [5, 5.41) is 21.9. The van der Waals surface area contributed by atoms with Gasteiger partial charge in [0.05, 0.1) is 6.54 Å². The number of carbonyl (C=O) groups is 1. The van der Waals surface area contributed by atoms with E-state index < -0.39 is 5.97 Å². The minimum atomic E-state index is -1.13. The van der Waals surface area contributed by atoms with Gasteiger partial charge in [0.25, 0.3) is 0 Å². The van der Waals surface area contributed by atoms with E-state index in [1.807, 2.05) is 30.3 Å². The van der Waals surface area contributed by atoms with Gasteiger partial charge >= 0.3 is 0 Å². The predicted octanol–water partition coefficient (Wildman–Crippen LogP) is -0.520. The average Bonchev–Trinajstić information content (AvgIpc) is 2.76. The third kappa shape index (κ3) is 2.41. The fourth-order valence-corrected chi connectivity index (χ4v) is 1.23.